The van der Waals surface area contributed by atoms with Gasteiger partial charge in [-0.3, -0.25) is 10.4 Å². The fraction of sp³-hybridized carbons (Fsp3) is 0.0909. The van der Waals surface area contributed by atoms with E-state index < -0.39 is 0 Å². The molecule has 0 saturated carbocycles. The van der Waals surface area contributed by atoms with Crippen molar-refractivity contribution in [1.82, 2.24) is 10.2 Å². The van der Waals surface area contributed by atoms with Crippen molar-refractivity contribution in [2.75, 3.05) is 10.6 Å². The third-order valence-corrected chi connectivity index (χ3v) is 4.43. The van der Waals surface area contributed by atoms with Gasteiger partial charge in [0.05, 0.1) is 5.52 Å². The van der Waals surface area contributed by atoms with Crippen LogP contribution >= 0.6 is 0 Å². The minimum absolute atomic E-state index is 0.121. The van der Waals surface area contributed by atoms with Crippen molar-refractivity contribution in [3.8, 4) is 5.75 Å². The van der Waals surface area contributed by atoms with E-state index in [1.807, 2.05) is 31.2 Å². The van der Waals surface area contributed by atoms with Gasteiger partial charge in [-0.2, -0.15) is 5.10 Å². The number of H-pyrrole nitrogens is 1. The van der Waals surface area contributed by atoms with Crippen molar-refractivity contribution in [2.45, 2.75) is 13.5 Å². The number of carbonyl (C=O) groups is 1. The Bertz CT molecular complexity index is 1160. The summed E-state index contributed by atoms with van der Waals surface area (Å²) < 4.78 is 19.4. The summed E-state index contributed by atoms with van der Waals surface area (Å²) in [7, 11) is 0. The van der Waals surface area contributed by atoms with Crippen LogP contribution in [0.15, 0.2) is 66.7 Å². The second-order valence-electron chi connectivity index (χ2n) is 6.60. The van der Waals surface area contributed by atoms with Crippen molar-refractivity contribution in [1.29, 1.82) is 0 Å². The number of nitrogens with one attached hydrogen (secondary N) is 3. The molecule has 1 heterocycles. The first kappa shape index (κ1) is 18.5. The molecule has 4 aromatic rings. The Balaban J connectivity index is 1.43. The molecule has 0 aliphatic heterocycles. The molecule has 3 N–H and O–H groups in total. The molecule has 4 rings (SSSR count). The number of nitrogens with zero attached hydrogens (tertiary/aromatic N) is 1. The second kappa shape index (κ2) is 8.02. The highest BCUT2D eigenvalue weighted by molar-refractivity contribution is 6.04. The van der Waals surface area contributed by atoms with Crippen LogP contribution in [-0.4, -0.2) is 16.2 Å². The number of rotatable bonds is 5. The lowest BCUT2D eigenvalue weighted by atomic mass is 10.2. The summed E-state index contributed by atoms with van der Waals surface area (Å²) in [4.78, 5) is 12.2. The standard InChI is InChI=1S/C22H19FN4O2/c1-14-6-8-16(9-7-14)24-22(28)25-21-18-11-10-17(12-20(18)26-27-21)29-13-15-4-2-3-5-19(15)23/h2-12H,13H2,1H3,(H3,24,25,26,27,28). The molecule has 1 aromatic heterocycles. The summed E-state index contributed by atoms with van der Waals surface area (Å²) in [6, 6.07) is 18.9. The molecule has 0 spiro atoms. The monoisotopic (exact) mass is 390 g/mol. The van der Waals surface area contributed by atoms with E-state index in [1.165, 1.54) is 6.07 Å². The van der Waals surface area contributed by atoms with Gasteiger partial charge < -0.3 is 10.1 Å². The molecule has 7 heteroatoms. The van der Waals surface area contributed by atoms with Crippen LogP contribution in [0.25, 0.3) is 10.9 Å². The van der Waals surface area contributed by atoms with Gasteiger partial charge in [0.25, 0.3) is 0 Å². The van der Waals surface area contributed by atoms with Gasteiger partial charge in [-0.25, -0.2) is 9.18 Å². The van der Waals surface area contributed by atoms with Gasteiger partial charge in [-0.15, -0.1) is 0 Å². The number of benzene rings is 3. The van der Waals surface area contributed by atoms with Gasteiger partial charge in [0.15, 0.2) is 5.82 Å². The topological polar surface area (TPSA) is 79.0 Å². The zero-order valence-electron chi connectivity index (χ0n) is 15.7. The minimum Gasteiger partial charge on any atom is -0.489 e. The number of aromatic nitrogens is 2. The molecule has 0 fully saturated rings. The third-order valence-electron chi connectivity index (χ3n) is 4.43. The van der Waals surface area contributed by atoms with Crippen LogP contribution in [-0.2, 0) is 6.61 Å². The summed E-state index contributed by atoms with van der Waals surface area (Å²) in [6.07, 6.45) is 0. The molecule has 2 amide bonds. The van der Waals surface area contributed by atoms with Crippen molar-refractivity contribution >= 4 is 28.4 Å². The number of hydrogen-bond donors (Lipinski definition) is 3. The molecule has 0 aliphatic carbocycles. The Labute approximate surface area is 166 Å². The van der Waals surface area contributed by atoms with Crippen molar-refractivity contribution in [3.63, 3.8) is 0 Å². The van der Waals surface area contributed by atoms with Crippen molar-refractivity contribution in [3.05, 3.63) is 83.7 Å². The number of amides is 2. The van der Waals surface area contributed by atoms with Crippen LogP contribution in [0.3, 0.4) is 0 Å². The first-order valence-corrected chi connectivity index (χ1v) is 9.07. The van der Waals surface area contributed by atoms with Gasteiger partial charge >= 0.3 is 6.03 Å². The number of carbonyl (C=O) groups excluding carboxylic acids is 1. The summed E-state index contributed by atoms with van der Waals surface area (Å²) in [5.74, 6) is 0.673. The van der Waals surface area contributed by atoms with Crippen LogP contribution in [0.5, 0.6) is 5.75 Å². The van der Waals surface area contributed by atoms with E-state index in [4.69, 9.17) is 4.74 Å². The first-order chi connectivity index (χ1) is 14.1. The first-order valence-electron chi connectivity index (χ1n) is 9.07. The number of aryl methyl sites for hydroxylation is 1. The summed E-state index contributed by atoms with van der Waals surface area (Å²) in [5, 5.41) is 13.3. The molecule has 0 saturated heterocycles. The molecule has 3 aromatic carbocycles. The maximum absolute atomic E-state index is 13.7. The largest absolute Gasteiger partial charge is 0.489 e. The number of urea groups is 1. The van der Waals surface area contributed by atoms with E-state index in [1.54, 1.807) is 36.4 Å². The van der Waals surface area contributed by atoms with Crippen LogP contribution in [0, 0.1) is 12.7 Å². The lowest BCUT2D eigenvalue weighted by Gasteiger charge is -2.08. The van der Waals surface area contributed by atoms with Crippen molar-refractivity contribution in [2.24, 2.45) is 0 Å². The Hall–Kier alpha value is -3.87. The molecule has 0 radical (unpaired) electrons. The zero-order valence-corrected chi connectivity index (χ0v) is 15.7. The average molecular weight is 390 g/mol. The van der Waals surface area contributed by atoms with E-state index in [9.17, 15) is 9.18 Å². The molecule has 0 unspecified atom stereocenters. The quantitative estimate of drug-likeness (QED) is 0.436. The number of ether oxygens (including phenoxy) is 1. The minimum atomic E-state index is -0.387. The zero-order chi connectivity index (χ0) is 20.2. The summed E-state index contributed by atoms with van der Waals surface area (Å²) >= 11 is 0. The molecular weight excluding hydrogens is 371 g/mol. The Morgan fingerprint density at radius 3 is 2.66 bits per heavy atom. The van der Waals surface area contributed by atoms with E-state index in [0.717, 1.165) is 10.9 Å². The maximum Gasteiger partial charge on any atom is 0.324 e. The number of aromatic amines is 1. The maximum atomic E-state index is 13.7. The molecule has 0 atom stereocenters. The Kier molecular flexibility index (Phi) is 5.11. The molecule has 0 bridgehead atoms. The molecular formula is C22H19FN4O2. The normalized spacial score (nSPS) is 10.7. The van der Waals surface area contributed by atoms with Crippen LogP contribution in [0.4, 0.5) is 20.7 Å². The number of hydrogen-bond acceptors (Lipinski definition) is 3. The molecule has 146 valence electrons. The van der Waals surface area contributed by atoms with Crippen LogP contribution < -0.4 is 15.4 Å². The van der Waals surface area contributed by atoms with E-state index in [2.05, 4.69) is 20.8 Å². The van der Waals surface area contributed by atoms with E-state index in [0.29, 0.717) is 28.3 Å². The average Bonchev–Trinajstić information content (AvgIpc) is 3.11. The van der Waals surface area contributed by atoms with Gasteiger partial charge in [-0.05, 0) is 37.3 Å². The van der Waals surface area contributed by atoms with Gasteiger partial charge in [0, 0.05) is 22.7 Å². The van der Waals surface area contributed by atoms with Crippen LogP contribution in [0.1, 0.15) is 11.1 Å². The predicted molar refractivity (Wildman–Crippen MR) is 111 cm³/mol. The fourth-order valence-corrected chi connectivity index (χ4v) is 2.87. The summed E-state index contributed by atoms with van der Waals surface area (Å²) in [6.45, 7) is 2.10. The smallest absolute Gasteiger partial charge is 0.324 e. The van der Waals surface area contributed by atoms with E-state index in [-0.39, 0.29) is 18.5 Å². The predicted octanol–water partition coefficient (Wildman–Crippen LogP) is 5.23. The number of anilines is 2. The fourth-order valence-electron chi connectivity index (χ4n) is 2.87. The SMILES string of the molecule is Cc1ccc(NC(=O)Nc2n[nH]c3cc(OCc4ccccc4F)ccc23)cc1. The molecule has 6 nitrogen and oxygen atoms in total. The second-order valence-corrected chi connectivity index (χ2v) is 6.60. The highest BCUT2D eigenvalue weighted by atomic mass is 19.1. The van der Waals surface area contributed by atoms with Gasteiger partial charge in [0.2, 0.25) is 0 Å². The lowest BCUT2D eigenvalue weighted by Crippen LogP contribution is -2.19. The highest BCUT2D eigenvalue weighted by Gasteiger charge is 2.11. The van der Waals surface area contributed by atoms with Gasteiger partial charge in [0.1, 0.15) is 18.2 Å². The Morgan fingerprint density at radius 1 is 1.07 bits per heavy atom. The number of halogens is 1. The third kappa shape index (κ3) is 4.35. The Morgan fingerprint density at radius 2 is 1.86 bits per heavy atom. The highest BCUT2D eigenvalue weighted by Crippen LogP contribution is 2.25. The molecule has 0 aliphatic rings. The van der Waals surface area contributed by atoms with E-state index >= 15 is 0 Å². The van der Waals surface area contributed by atoms with Gasteiger partial charge in [-0.1, -0.05) is 35.9 Å². The number of fused-ring (bicyclic) bond motifs is 1. The lowest BCUT2D eigenvalue weighted by molar-refractivity contribution is 0.262. The van der Waals surface area contributed by atoms with Crippen molar-refractivity contribution < 1.29 is 13.9 Å². The summed E-state index contributed by atoms with van der Waals surface area (Å²) in [5.41, 5.74) is 2.98. The van der Waals surface area contributed by atoms with Crippen LogP contribution in [0.2, 0.25) is 0 Å². The molecule has 29 heavy (non-hydrogen) atoms.